The Bertz CT molecular complexity index is 1190. The highest BCUT2D eigenvalue weighted by Crippen LogP contribution is 2.44. The summed E-state index contributed by atoms with van der Waals surface area (Å²) in [6.45, 7) is 6.00. The maximum Gasteiger partial charge on any atom is 0.338 e. The molecule has 3 fully saturated rings. The first-order valence-corrected chi connectivity index (χ1v) is 11.8. The van der Waals surface area contributed by atoms with E-state index in [2.05, 4.69) is 22.5 Å². The van der Waals surface area contributed by atoms with E-state index in [-0.39, 0.29) is 12.0 Å². The number of pyridine rings is 1. The van der Waals surface area contributed by atoms with Crippen molar-refractivity contribution in [2.24, 2.45) is 11.8 Å². The Morgan fingerprint density at radius 2 is 1.88 bits per heavy atom. The van der Waals surface area contributed by atoms with Crippen molar-refractivity contribution in [1.82, 2.24) is 9.88 Å². The number of piperidine rings is 3. The van der Waals surface area contributed by atoms with E-state index in [1.54, 1.807) is 44.7 Å². The first kappa shape index (κ1) is 22.4. The van der Waals surface area contributed by atoms with E-state index in [4.69, 9.17) is 14.2 Å². The van der Waals surface area contributed by atoms with Gasteiger partial charge in [-0.05, 0) is 79.8 Å². The molecule has 0 N–H and O–H groups in total. The van der Waals surface area contributed by atoms with Crippen LogP contribution in [0.3, 0.4) is 0 Å². The molecule has 1 unspecified atom stereocenters. The minimum absolute atomic E-state index is 0.0916. The summed E-state index contributed by atoms with van der Waals surface area (Å²) in [5.74, 6) is 2.14. The average molecular weight is 459 g/mol. The molecule has 3 aliphatic rings. The van der Waals surface area contributed by atoms with Crippen molar-refractivity contribution in [1.29, 1.82) is 0 Å². The highest BCUT2D eigenvalue weighted by atomic mass is 16.5. The van der Waals surface area contributed by atoms with Gasteiger partial charge in [-0.2, -0.15) is 0 Å². The van der Waals surface area contributed by atoms with E-state index in [0.717, 1.165) is 48.1 Å². The molecule has 5 atom stereocenters. The summed E-state index contributed by atoms with van der Waals surface area (Å²) in [6, 6.07) is 14.9. The zero-order valence-electron chi connectivity index (χ0n) is 19.6. The van der Waals surface area contributed by atoms with Crippen LogP contribution in [-0.4, -0.2) is 49.2 Å². The van der Waals surface area contributed by atoms with E-state index in [1.165, 1.54) is 0 Å². The predicted molar refractivity (Wildman–Crippen MR) is 131 cm³/mol. The van der Waals surface area contributed by atoms with Crippen LogP contribution in [-0.2, 0) is 4.74 Å². The molecule has 34 heavy (non-hydrogen) atoms. The first-order chi connectivity index (χ1) is 16.6. The number of ether oxygens (including phenoxy) is 3. The van der Waals surface area contributed by atoms with E-state index in [1.807, 2.05) is 24.3 Å². The van der Waals surface area contributed by atoms with Gasteiger partial charge in [-0.1, -0.05) is 6.08 Å². The van der Waals surface area contributed by atoms with Crippen molar-refractivity contribution < 1.29 is 19.0 Å². The molecule has 1 aromatic heterocycles. The van der Waals surface area contributed by atoms with Crippen LogP contribution >= 0.6 is 0 Å². The number of rotatable bonds is 7. The summed E-state index contributed by atoms with van der Waals surface area (Å²) in [4.78, 5) is 20.3. The molecule has 0 aliphatic carbocycles. The van der Waals surface area contributed by atoms with Crippen molar-refractivity contribution in [2.75, 3.05) is 27.3 Å². The molecule has 176 valence electrons. The van der Waals surface area contributed by atoms with E-state index < -0.39 is 6.10 Å². The highest BCUT2D eigenvalue weighted by molar-refractivity contribution is 5.90. The molecular formula is C28H30N2O4. The zero-order valence-corrected chi connectivity index (χ0v) is 19.6. The monoisotopic (exact) mass is 458 g/mol. The average Bonchev–Trinajstić information content (AvgIpc) is 2.91. The highest BCUT2D eigenvalue weighted by Gasteiger charge is 2.44. The maximum absolute atomic E-state index is 13.3. The summed E-state index contributed by atoms with van der Waals surface area (Å²) in [5, 5.41) is 0.942. The third-order valence-electron chi connectivity index (χ3n) is 7.35. The Morgan fingerprint density at radius 1 is 1.12 bits per heavy atom. The van der Waals surface area contributed by atoms with E-state index in [9.17, 15) is 4.79 Å². The SMILES string of the molecule is C=C[C@@H]1CN2CC[C@H]1C[C@@H]2[C@H](OC(=O)c1ccc(OC)cc1)c1ccnc2ccc(OC)cc12. The summed E-state index contributed by atoms with van der Waals surface area (Å²) in [7, 11) is 3.26. The quantitative estimate of drug-likeness (QED) is 0.365. The van der Waals surface area contributed by atoms with Gasteiger partial charge in [0.1, 0.15) is 17.6 Å². The van der Waals surface area contributed by atoms with Gasteiger partial charge in [-0.3, -0.25) is 9.88 Å². The van der Waals surface area contributed by atoms with Crippen LogP contribution in [0, 0.1) is 11.8 Å². The minimum atomic E-state index is -0.430. The van der Waals surface area contributed by atoms with Crippen LogP contribution in [0.5, 0.6) is 11.5 Å². The topological polar surface area (TPSA) is 60.9 Å². The third-order valence-corrected chi connectivity index (χ3v) is 7.35. The van der Waals surface area contributed by atoms with Gasteiger partial charge >= 0.3 is 5.97 Å². The fraction of sp³-hybridized carbons (Fsp3) is 0.357. The van der Waals surface area contributed by atoms with Crippen LogP contribution in [0.15, 0.2) is 67.4 Å². The van der Waals surface area contributed by atoms with Gasteiger partial charge in [0.15, 0.2) is 0 Å². The second kappa shape index (κ2) is 9.47. The number of nitrogens with zero attached hydrogens (tertiary/aromatic N) is 2. The van der Waals surface area contributed by atoms with Crippen molar-refractivity contribution in [3.63, 3.8) is 0 Å². The zero-order chi connectivity index (χ0) is 23.7. The predicted octanol–water partition coefficient (Wildman–Crippen LogP) is 5.05. The number of fused-ring (bicyclic) bond motifs is 4. The van der Waals surface area contributed by atoms with Crippen molar-refractivity contribution in [2.45, 2.75) is 25.0 Å². The molecule has 0 amide bonds. The van der Waals surface area contributed by atoms with Crippen LogP contribution in [0.1, 0.15) is 34.9 Å². The number of carbonyl (C=O) groups excluding carboxylic acids is 1. The smallest absolute Gasteiger partial charge is 0.338 e. The molecule has 3 aromatic rings. The second-order valence-corrected chi connectivity index (χ2v) is 9.08. The van der Waals surface area contributed by atoms with Crippen LogP contribution in [0.2, 0.25) is 0 Å². The molecule has 3 saturated heterocycles. The number of esters is 1. The molecule has 6 rings (SSSR count). The molecule has 0 saturated carbocycles. The lowest BCUT2D eigenvalue weighted by Gasteiger charge is -2.51. The Kier molecular flexibility index (Phi) is 6.24. The molecule has 0 spiro atoms. The summed E-state index contributed by atoms with van der Waals surface area (Å²) >= 11 is 0. The summed E-state index contributed by atoms with van der Waals surface area (Å²) in [5.41, 5.74) is 2.31. The molecular weight excluding hydrogens is 428 g/mol. The fourth-order valence-electron chi connectivity index (χ4n) is 5.47. The molecule has 2 aromatic carbocycles. The largest absolute Gasteiger partial charge is 0.497 e. The molecule has 3 aliphatic heterocycles. The Morgan fingerprint density at radius 3 is 2.56 bits per heavy atom. The van der Waals surface area contributed by atoms with Gasteiger partial charge in [0.05, 0.1) is 31.3 Å². The lowest BCUT2D eigenvalue weighted by atomic mass is 9.73. The molecule has 6 nitrogen and oxygen atoms in total. The van der Waals surface area contributed by atoms with Gasteiger partial charge < -0.3 is 14.2 Å². The van der Waals surface area contributed by atoms with Crippen LogP contribution < -0.4 is 9.47 Å². The Labute approximate surface area is 200 Å². The number of hydrogen-bond donors (Lipinski definition) is 0. The van der Waals surface area contributed by atoms with Crippen LogP contribution in [0.4, 0.5) is 0 Å². The minimum Gasteiger partial charge on any atom is -0.497 e. The van der Waals surface area contributed by atoms with Crippen molar-refractivity contribution in [3.05, 3.63) is 78.5 Å². The Balaban J connectivity index is 1.54. The lowest BCUT2D eigenvalue weighted by molar-refractivity contribution is -0.0568. The Hall–Kier alpha value is -3.38. The maximum atomic E-state index is 13.3. The normalized spacial score (nSPS) is 24.4. The molecule has 2 bridgehead atoms. The first-order valence-electron chi connectivity index (χ1n) is 11.8. The number of benzene rings is 2. The summed E-state index contributed by atoms with van der Waals surface area (Å²) < 4.78 is 17.0. The standard InChI is InChI=1S/C28H30N2O4/c1-4-18-17-30-14-12-20(18)15-26(30)27(34-28(31)19-5-7-21(32-2)8-6-19)23-11-13-29-25-10-9-22(33-3)16-24(23)25/h4-11,13,16,18,20,26-27H,1,12,14-15,17H2,2-3H3/t18-,20+,26-,27-/m1/s1. The van der Waals surface area contributed by atoms with Gasteiger partial charge in [0.25, 0.3) is 0 Å². The molecule has 6 heteroatoms. The fourth-order valence-corrected chi connectivity index (χ4v) is 5.47. The number of aromatic nitrogens is 1. The van der Waals surface area contributed by atoms with Crippen molar-refractivity contribution in [3.8, 4) is 11.5 Å². The third kappa shape index (κ3) is 4.14. The molecule has 0 radical (unpaired) electrons. The van der Waals surface area contributed by atoms with E-state index >= 15 is 0 Å². The number of methoxy groups -OCH3 is 2. The summed E-state index contributed by atoms with van der Waals surface area (Å²) in [6.07, 6.45) is 5.56. The van der Waals surface area contributed by atoms with Crippen LogP contribution in [0.25, 0.3) is 10.9 Å². The number of carbonyl (C=O) groups is 1. The van der Waals surface area contributed by atoms with Gasteiger partial charge in [0.2, 0.25) is 0 Å². The van der Waals surface area contributed by atoms with E-state index in [0.29, 0.717) is 23.1 Å². The van der Waals surface area contributed by atoms with Gasteiger partial charge in [-0.25, -0.2) is 4.79 Å². The molecule has 4 heterocycles. The number of hydrogen-bond acceptors (Lipinski definition) is 6. The second-order valence-electron chi connectivity index (χ2n) is 9.08. The van der Waals surface area contributed by atoms with Gasteiger partial charge in [0, 0.05) is 23.7 Å². The van der Waals surface area contributed by atoms with Crippen molar-refractivity contribution >= 4 is 16.9 Å². The lowest BCUT2D eigenvalue weighted by Crippen LogP contribution is -2.55. The van der Waals surface area contributed by atoms with Gasteiger partial charge in [-0.15, -0.1) is 6.58 Å².